The van der Waals surface area contributed by atoms with Gasteiger partial charge in [0.15, 0.2) is 0 Å². The molecule has 2 aromatic rings. The van der Waals surface area contributed by atoms with E-state index in [1.807, 2.05) is 44.3 Å². The number of H-pyrrole nitrogens is 1. The number of carbonyl (C=O) groups excluding carboxylic acids is 1. The van der Waals surface area contributed by atoms with Gasteiger partial charge in [-0.3, -0.25) is 4.79 Å². The van der Waals surface area contributed by atoms with E-state index in [4.69, 9.17) is 4.74 Å². The molecule has 1 heterocycles. The van der Waals surface area contributed by atoms with Crippen molar-refractivity contribution in [1.29, 1.82) is 0 Å². The van der Waals surface area contributed by atoms with E-state index < -0.39 is 5.41 Å². The Kier molecular flexibility index (Phi) is 4.45. The molecule has 2 rings (SSSR count). The number of ether oxygens (including phenoxy) is 1. The summed E-state index contributed by atoms with van der Waals surface area (Å²) < 4.78 is 4.98. The van der Waals surface area contributed by atoms with Crippen molar-refractivity contribution in [3.05, 3.63) is 36.0 Å². The molecule has 0 aliphatic rings. The number of aromatic nitrogens is 1. The van der Waals surface area contributed by atoms with Crippen molar-refractivity contribution in [3.63, 3.8) is 0 Å². The highest BCUT2D eigenvalue weighted by Gasteiger charge is 2.31. The normalized spacial score (nSPS) is 11.8. The molecule has 0 aliphatic carbocycles. The van der Waals surface area contributed by atoms with E-state index in [1.165, 1.54) is 0 Å². The molecule has 1 aromatic heterocycles. The van der Waals surface area contributed by atoms with Crippen LogP contribution in [0, 0.1) is 0 Å². The predicted molar refractivity (Wildman–Crippen MR) is 80.8 cm³/mol. The van der Waals surface area contributed by atoms with Crippen LogP contribution in [0.5, 0.6) is 0 Å². The highest BCUT2D eigenvalue weighted by Crippen LogP contribution is 2.30. The second-order valence-corrected chi connectivity index (χ2v) is 5.48. The van der Waals surface area contributed by atoms with Gasteiger partial charge in [0.2, 0.25) is 5.91 Å². The molecule has 4 nitrogen and oxygen atoms in total. The van der Waals surface area contributed by atoms with Gasteiger partial charge < -0.3 is 15.0 Å². The van der Waals surface area contributed by atoms with E-state index in [2.05, 4.69) is 10.3 Å². The van der Waals surface area contributed by atoms with Gasteiger partial charge in [-0.05, 0) is 31.9 Å². The maximum absolute atomic E-state index is 12.4. The summed E-state index contributed by atoms with van der Waals surface area (Å²) in [4.78, 5) is 15.6. The van der Waals surface area contributed by atoms with Crippen LogP contribution >= 0.6 is 0 Å². The highest BCUT2D eigenvalue weighted by molar-refractivity contribution is 5.94. The summed E-state index contributed by atoms with van der Waals surface area (Å²) in [6.45, 7) is 5.20. The van der Waals surface area contributed by atoms with Crippen LogP contribution in [0.1, 0.15) is 25.8 Å². The zero-order chi connectivity index (χ0) is 14.6. The van der Waals surface area contributed by atoms with Gasteiger partial charge in [0.1, 0.15) is 0 Å². The first-order chi connectivity index (χ1) is 9.57. The molecule has 0 atom stereocenters. The van der Waals surface area contributed by atoms with Crippen molar-refractivity contribution in [3.8, 4) is 0 Å². The zero-order valence-corrected chi connectivity index (χ0v) is 12.3. The molecule has 1 aromatic carbocycles. The number of methoxy groups -OCH3 is 1. The fraction of sp³-hybridized carbons (Fsp3) is 0.438. The minimum absolute atomic E-state index is 0.0401. The summed E-state index contributed by atoms with van der Waals surface area (Å²) in [5.74, 6) is 0.0401. The quantitative estimate of drug-likeness (QED) is 0.796. The van der Waals surface area contributed by atoms with Crippen molar-refractivity contribution in [2.45, 2.75) is 25.7 Å². The first-order valence-electron chi connectivity index (χ1n) is 6.91. The van der Waals surface area contributed by atoms with Crippen LogP contribution in [0.15, 0.2) is 30.5 Å². The molecular formula is C16H22N2O2. The molecule has 0 fully saturated rings. The van der Waals surface area contributed by atoms with Gasteiger partial charge in [-0.1, -0.05) is 18.2 Å². The Morgan fingerprint density at radius 2 is 2.10 bits per heavy atom. The largest absolute Gasteiger partial charge is 0.385 e. The van der Waals surface area contributed by atoms with E-state index in [-0.39, 0.29) is 5.91 Å². The fourth-order valence-electron chi connectivity index (χ4n) is 2.35. The molecule has 0 saturated heterocycles. The Morgan fingerprint density at radius 3 is 2.85 bits per heavy atom. The van der Waals surface area contributed by atoms with Crippen molar-refractivity contribution in [1.82, 2.24) is 10.3 Å². The molecule has 4 heteroatoms. The first-order valence-corrected chi connectivity index (χ1v) is 6.91. The predicted octanol–water partition coefficient (Wildman–Crippen LogP) is 2.60. The first kappa shape index (κ1) is 14.6. The van der Waals surface area contributed by atoms with Crippen molar-refractivity contribution in [2.75, 3.05) is 20.3 Å². The third-order valence-electron chi connectivity index (χ3n) is 3.64. The number of hydrogen-bond acceptors (Lipinski definition) is 2. The molecule has 108 valence electrons. The molecule has 0 spiro atoms. The lowest BCUT2D eigenvalue weighted by Crippen LogP contribution is -2.40. The third kappa shape index (κ3) is 2.85. The average molecular weight is 274 g/mol. The smallest absolute Gasteiger partial charge is 0.230 e. The second kappa shape index (κ2) is 6.09. The number of aromatic amines is 1. The monoisotopic (exact) mass is 274 g/mol. The average Bonchev–Trinajstić information content (AvgIpc) is 2.88. The summed E-state index contributed by atoms with van der Waals surface area (Å²) in [5, 5.41) is 4.08. The number of nitrogens with one attached hydrogen (secondary N) is 2. The van der Waals surface area contributed by atoms with Gasteiger partial charge in [0.05, 0.1) is 5.41 Å². The number of amides is 1. The lowest BCUT2D eigenvalue weighted by molar-refractivity contribution is -0.125. The lowest BCUT2D eigenvalue weighted by atomic mass is 9.83. The number of benzene rings is 1. The van der Waals surface area contributed by atoms with Crippen molar-refractivity contribution >= 4 is 16.8 Å². The van der Waals surface area contributed by atoms with E-state index in [9.17, 15) is 4.79 Å². The Morgan fingerprint density at radius 1 is 1.35 bits per heavy atom. The number of carbonyl (C=O) groups is 1. The minimum Gasteiger partial charge on any atom is -0.385 e. The van der Waals surface area contributed by atoms with Crippen LogP contribution in [0.2, 0.25) is 0 Å². The van der Waals surface area contributed by atoms with Crippen molar-refractivity contribution in [2.24, 2.45) is 0 Å². The molecule has 0 bridgehead atoms. The molecule has 0 radical (unpaired) electrons. The molecule has 1 amide bonds. The van der Waals surface area contributed by atoms with Gasteiger partial charge in [-0.15, -0.1) is 0 Å². The van der Waals surface area contributed by atoms with E-state index in [1.54, 1.807) is 7.11 Å². The topological polar surface area (TPSA) is 54.1 Å². The van der Waals surface area contributed by atoms with E-state index in [0.29, 0.717) is 13.2 Å². The van der Waals surface area contributed by atoms with Crippen LogP contribution in [-0.2, 0) is 14.9 Å². The van der Waals surface area contributed by atoms with Crippen LogP contribution < -0.4 is 5.32 Å². The van der Waals surface area contributed by atoms with Gasteiger partial charge in [-0.25, -0.2) is 0 Å². The maximum atomic E-state index is 12.4. The molecule has 20 heavy (non-hydrogen) atoms. The van der Waals surface area contributed by atoms with Crippen LogP contribution in [0.3, 0.4) is 0 Å². The summed E-state index contributed by atoms with van der Waals surface area (Å²) in [6.07, 6.45) is 2.76. The van der Waals surface area contributed by atoms with Gasteiger partial charge in [-0.2, -0.15) is 0 Å². The number of rotatable bonds is 6. The Hall–Kier alpha value is -1.81. The summed E-state index contributed by atoms with van der Waals surface area (Å²) >= 11 is 0. The Labute approximate surface area is 119 Å². The number of fused-ring (bicyclic) bond motifs is 1. The summed E-state index contributed by atoms with van der Waals surface area (Å²) in [5.41, 5.74) is 1.52. The summed E-state index contributed by atoms with van der Waals surface area (Å²) in [6, 6.07) is 8.04. The Bertz CT molecular complexity index is 587. The molecular weight excluding hydrogens is 252 g/mol. The molecule has 0 saturated carbocycles. The molecule has 2 N–H and O–H groups in total. The lowest BCUT2D eigenvalue weighted by Gasteiger charge is -2.23. The van der Waals surface area contributed by atoms with Gasteiger partial charge in [0.25, 0.3) is 0 Å². The van der Waals surface area contributed by atoms with E-state index >= 15 is 0 Å². The molecule has 0 unspecified atom stereocenters. The van der Waals surface area contributed by atoms with Gasteiger partial charge in [0, 0.05) is 37.4 Å². The minimum atomic E-state index is -0.563. The van der Waals surface area contributed by atoms with Crippen LogP contribution in [-0.4, -0.2) is 31.2 Å². The third-order valence-corrected chi connectivity index (χ3v) is 3.64. The maximum Gasteiger partial charge on any atom is 0.230 e. The summed E-state index contributed by atoms with van der Waals surface area (Å²) in [7, 11) is 1.66. The van der Waals surface area contributed by atoms with Crippen LogP contribution in [0.25, 0.3) is 10.9 Å². The zero-order valence-electron chi connectivity index (χ0n) is 12.3. The standard InChI is InChI=1S/C16H22N2O2/c1-16(2,15(19)17-9-6-10-20-3)13-11-18-14-8-5-4-7-12(13)14/h4-5,7-8,11,18H,6,9-10H2,1-3H3,(H,17,19). The van der Waals surface area contributed by atoms with E-state index in [0.717, 1.165) is 22.9 Å². The highest BCUT2D eigenvalue weighted by atomic mass is 16.5. The van der Waals surface area contributed by atoms with Crippen LogP contribution in [0.4, 0.5) is 0 Å². The van der Waals surface area contributed by atoms with Gasteiger partial charge >= 0.3 is 0 Å². The number of hydrogen-bond donors (Lipinski definition) is 2. The van der Waals surface area contributed by atoms with Crippen molar-refractivity contribution < 1.29 is 9.53 Å². The fourth-order valence-corrected chi connectivity index (χ4v) is 2.35. The molecule has 0 aliphatic heterocycles. The number of para-hydroxylation sites is 1. The Balaban J connectivity index is 2.15. The SMILES string of the molecule is COCCCNC(=O)C(C)(C)c1c[nH]c2ccccc12. The second-order valence-electron chi connectivity index (χ2n) is 5.48.